The number of aliphatic hydroxyl groups excluding tert-OH is 2. The normalized spacial score (nSPS) is 31.3. The van der Waals surface area contributed by atoms with Crippen molar-refractivity contribution in [3.63, 3.8) is 0 Å². The Kier molecular flexibility index (Phi) is 5.45. The highest BCUT2D eigenvalue weighted by Crippen LogP contribution is 2.53. The molecular formula is C28H31FN2O7. The number of phenols is 1. The average molecular weight is 527 g/mol. The maximum absolute atomic E-state index is 15.9. The second kappa shape index (κ2) is 8.21. The van der Waals surface area contributed by atoms with E-state index in [4.69, 9.17) is 0 Å². The molecule has 0 radical (unpaired) electrons. The molecule has 4 N–H and O–H groups in total. The highest BCUT2D eigenvalue weighted by molar-refractivity contribution is 6.25. The van der Waals surface area contributed by atoms with E-state index < -0.39 is 63.7 Å². The molecule has 1 aliphatic heterocycles. The molecule has 0 amide bonds. The number of ketones is 3. The van der Waals surface area contributed by atoms with Crippen molar-refractivity contribution in [2.24, 2.45) is 11.8 Å². The van der Waals surface area contributed by atoms with E-state index in [-0.39, 0.29) is 35.3 Å². The number of carbonyl (C=O) groups is 3. The molecule has 1 aromatic rings. The summed E-state index contributed by atoms with van der Waals surface area (Å²) in [5, 5.41) is 45.2. The van der Waals surface area contributed by atoms with Crippen LogP contribution in [0.3, 0.4) is 0 Å². The molecule has 0 bridgehead atoms. The Balaban J connectivity index is 1.50. The number of aliphatic hydroxyl groups is 3. The van der Waals surface area contributed by atoms with Crippen molar-refractivity contribution >= 4 is 17.3 Å². The molecule has 0 aromatic heterocycles. The predicted octanol–water partition coefficient (Wildman–Crippen LogP) is 2.23. The first-order chi connectivity index (χ1) is 17.9. The number of Topliss-reactive ketones (excluding diaryl/α,β-unsaturated/α-hetero) is 3. The Morgan fingerprint density at radius 3 is 2.32 bits per heavy atom. The molecular weight excluding hydrogens is 495 g/mol. The summed E-state index contributed by atoms with van der Waals surface area (Å²) in [6.07, 6.45) is 3.05. The number of nitrogens with zero attached hydrogens (tertiary/aromatic N) is 2. The van der Waals surface area contributed by atoms with Crippen LogP contribution in [0, 0.1) is 17.7 Å². The van der Waals surface area contributed by atoms with Gasteiger partial charge in [0.15, 0.2) is 17.2 Å². The lowest BCUT2D eigenvalue weighted by Gasteiger charge is -2.50. The summed E-state index contributed by atoms with van der Waals surface area (Å²) in [5.41, 5.74) is -2.94. The van der Waals surface area contributed by atoms with Crippen LogP contribution in [0.4, 0.5) is 4.39 Å². The quantitative estimate of drug-likeness (QED) is 0.437. The summed E-state index contributed by atoms with van der Waals surface area (Å²) in [7, 11) is 3.20. The maximum Gasteiger partial charge on any atom is 0.209 e. The number of likely N-dealkylation sites (N-methyl/N-ethyl adjacent to an activating group) is 1. The number of fused-ring (bicyclic) bond motifs is 4. The fraction of sp³-hybridized carbons (Fsp3) is 0.536. The van der Waals surface area contributed by atoms with Gasteiger partial charge in [-0.25, -0.2) is 4.39 Å². The number of phenolic OH excluding ortho intramolecular Hbond substituents is 1. The van der Waals surface area contributed by atoms with Crippen LogP contribution < -0.4 is 0 Å². The molecule has 9 nitrogen and oxygen atoms in total. The first-order valence-electron chi connectivity index (χ1n) is 13.0. The summed E-state index contributed by atoms with van der Waals surface area (Å²) < 4.78 is 15.9. The van der Waals surface area contributed by atoms with Crippen LogP contribution in [0.1, 0.15) is 59.7 Å². The first kappa shape index (κ1) is 25.2. The Bertz CT molecular complexity index is 1390. The standard InChI is InChI=1S/C28H31FN2O7/c1-11(32)18-25(35)22(30(2)3)17-8-12-7-14-20(24(34)19(12)27(37)28(17,38)26(18)36)23(33)16-10-31(13-5-4-6-13)9-15(16)21(14)29/h12-13,17,22,33,35,37-38H,4-10H2,1-3H3/t12-,17-,22-,28+/m0/s1. The Morgan fingerprint density at radius 2 is 1.74 bits per heavy atom. The minimum atomic E-state index is -2.63. The van der Waals surface area contributed by atoms with Gasteiger partial charge < -0.3 is 20.4 Å². The largest absolute Gasteiger partial charge is 0.510 e. The molecule has 0 spiro atoms. The van der Waals surface area contributed by atoms with Crippen LogP contribution in [-0.4, -0.2) is 79.4 Å². The SMILES string of the molecule is CC(=O)C1=C(O)[C@@H](N(C)C)[C@@H]2C[C@@H]3Cc4c(F)c5c(c(O)c4C(=O)C3=C(O)[C@]2(O)C1=O)CN(C1CCC1)C5. The highest BCUT2D eigenvalue weighted by Gasteiger charge is 2.63. The molecule has 1 heterocycles. The van der Waals surface area contributed by atoms with E-state index in [0.717, 1.165) is 26.2 Å². The zero-order valence-electron chi connectivity index (χ0n) is 21.5. The summed E-state index contributed by atoms with van der Waals surface area (Å²) in [4.78, 5) is 43.2. The van der Waals surface area contributed by atoms with Gasteiger partial charge in [0.25, 0.3) is 0 Å². The van der Waals surface area contributed by atoms with Crippen LogP contribution in [0.2, 0.25) is 0 Å². The fourth-order valence-electron chi connectivity index (χ4n) is 7.36. The van der Waals surface area contributed by atoms with Crippen molar-refractivity contribution in [3.05, 3.63) is 50.7 Å². The molecule has 1 aromatic carbocycles. The third kappa shape index (κ3) is 3.05. The van der Waals surface area contributed by atoms with E-state index in [2.05, 4.69) is 4.90 Å². The topological polar surface area (TPSA) is 139 Å². The van der Waals surface area contributed by atoms with E-state index in [9.17, 15) is 34.8 Å². The van der Waals surface area contributed by atoms with Crippen LogP contribution in [-0.2, 0) is 29.1 Å². The minimum absolute atomic E-state index is 0.0263. The summed E-state index contributed by atoms with van der Waals surface area (Å²) in [5.74, 6) is -6.90. The van der Waals surface area contributed by atoms with E-state index >= 15 is 4.39 Å². The lowest BCUT2D eigenvalue weighted by Crippen LogP contribution is -2.63. The number of aromatic hydroxyl groups is 1. The van der Waals surface area contributed by atoms with Crippen LogP contribution >= 0.6 is 0 Å². The van der Waals surface area contributed by atoms with E-state index in [0.29, 0.717) is 30.3 Å². The fourth-order valence-corrected chi connectivity index (χ4v) is 7.36. The molecule has 0 saturated heterocycles. The lowest BCUT2D eigenvalue weighted by molar-refractivity contribution is -0.148. The molecule has 10 heteroatoms. The molecule has 38 heavy (non-hydrogen) atoms. The number of allylic oxidation sites excluding steroid dienone is 1. The van der Waals surface area contributed by atoms with Crippen molar-refractivity contribution in [1.29, 1.82) is 0 Å². The monoisotopic (exact) mass is 526 g/mol. The van der Waals surface area contributed by atoms with Gasteiger partial charge in [-0.2, -0.15) is 0 Å². The number of rotatable bonds is 3. The summed E-state index contributed by atoms with van der Waals surface area (Å²) in [6, 6.07) is -0.698. The molecule has 1 fully saturated rings. The number of benzene rings is 1. The van der Waals surface area contributed by atoms with Gasteiger partial charge in [0.05, 0.1) is 11.6 Å². The number of hydrogen-bond acceptors (Lipinski definition) is 9. The van der Waals surface area contributed by atoms with Crippen LogP contribution in [0.5, 0.6) is 5.75 Å². The van der Waals surface area contributed by atoms with Gasteiger partial charge in [-0.15, -0.1) is 0 Å². The van der Waals surface area contributed by atoms with Gasteiger partial charge in [-0.3, -0.25) is 24.2 Å². The second-order valence-corrected chi connectivity index (χ2v) is 11.6. The van der Waals surface area contributed by atoms with Crippen molar-refractivity contribution in [2.75, 3.05) is 14.1 Å². The van der Waals surface area contributed by atoms with Gasteiger partial charge in [-0.1, -0.05) is 6.42 Å². The summed E-state index contributed by atoms with van der Waals surface area (Å²) >= 11 is 0. The smallest absolute Gasteiger partial charge is 0.209 e. The number of hydrogen-bond donors (Lipinski definition) is 4. The number of halogens is 1. The molecule has 5 aliphatic rings. The second-order valence-electron chi connectivity index (χ2n) is 11.6. The highest BCUT2D eigenvalue weighted by atomic mass is 19.1. The van der Waals surface area contributed by atoms with Crippen molar-refractivity contribution in [2.45, 2.75) is 69.8 Å². The van der Waals surface area contributed by atoms with E-state index in [1.807, 2.05) is 0 Å². The van der Waals surface area contributed by atoms with Crippen molar-refractivity contribution < 1.29 is 39.2 Å². The number of carbonyl (C=O) groups excluding carboxylic acids is 3. The Morgan fingerprint density at radius 1 is 1.08 bits per heavy atom. The molecule has 0 unspecified atom stereocenters. The van der Waals surface area contributed by atoms with Gasteiger partial charge in [0.2, 0.25) is 5.78 Å². The van der Waals surface area contributed by atoms with Crippen LogP contribution in [0.15, 0.2) is 22.7 Å². The zero-order valence-corrected chi connectivity index (χ0v) is 21.5. The third-order valence-corrected chi connectivity index (χ3v) is 9.45. The predicted molar refractivity (Wildman–Crippen MR) is 132 cm³/mol. The molecule has 6 rings (SSSR count). The van der Waals surface area contributed by atoms with E-state index in [1.54, 1.807) is 14.1 Å². The van der Waals surface area contributed by atoms with Crippen LogP contribution in [0.25, 0.3) is 0 Å². The van der Waals surface area contributed by atoms with Crippen molar-refractivity contribution in [3.8, 4) is 5.75 Å². The van der Waals surface area contributed by atoms with Gasteiger partial charge in [-0.05, 0) is 52.6 Å². The lowest BCUT2D eigenvalue weighted by atomic mass is 9.58. The maximum atomic E-state index is 15.9. The Hall–Kier alpha value is -3.08. The summed E-state index contributed by atoms with van der Waals surface area (Å²) in [6.45, 7) is 1.75. The first-order valence-corrected chi connectivity index (χ1v) is 13.0. The molecule has 4 aliphatic carbocycles. The van der Waals surface area contributed by atoms with Gasteiger partial charge in [0, 0.05) is 47.3 Å². The Labute approximate surface area is 218 Å². The van der Waals surface area contributed by atoms with Crippen molar-refractivity contribution in [1.82, 2.24) is 9.80 Å². The van der Waals surface area contributed by atoms with Gasteiger partial charge >= 0.3 is 0 Å². The molecule has 202 valence electrons. The minimum Gasteiger partial charge on any atom is -0.510 e. The average Bonchev–Trinajstić information content (AvgIpc) is 3.23. The third-order valence-electron chi connectivity index (χ3n) is 9.45. The van der Waals surface area contributed by atoms with E-state index in [1.165, 1.54) is 4.90 Å². The van der Waals surface area contributed by atoms with Gasteiger partial charge in [0.1, 0.15) is 28.7 Å². The molecule has 1 saturated carbocycles. The molecule has 4 atom stereocenters. The zero-order chi connectivity index (χ0) is 27.4.